The summed E-state index contributed by atoms with van der Waals surface area (Å²) < 4.78 is 14.1. The molecule has 0 saturated carbocycles. The number of amides is 1. The number of tetrazole rings is 1. The molecule has 38 heavy (non-hydrogen) atoms. The van der Waals surface area contributed by atoms with Crippen LogP contribution < -0.4 is 20.1 Å². The van der Waals surface area contributed by atoms with Crippen LogP contribution in [0.2, 0.25) is 0 Å². The second-order valence-corrected chi connectivity index (χ2v) is 9.81. The van der Waals surface area contributed by atoms with Crippen LogP contribution in [0.25, 0.3) is 0 Å². The van der Waals surface area contributed by atoms with Crippen LogP contribution in [0.5, 0.6) is 11.5 Å². The third-order valence-electron chi connectivity index (χ3n) is 6.28. The standard InChI is InChI=1S/C28H27BrN6O3/c1-17-8-7-11-21(14-17)31-27(36)24-18(2)30-28-32-33-34-35(28)25(24)20-15-22(29)26(23(16-20)37-3)38-13-12-19-9-5-4-6-10-19/h4-11,14-16,25H,12-13H2,1-3H3,(H,31,36)(H,30,32,34). The van der Waals surface area contributed by atoms with Crippen molar-refractivity contribution in [1.82, 2.24) is 20.2 Å². The van der Waals surface area contributed by atoms with Crippen LogP contribution in [0.15, 0.2) is 82.5 Å². The molecular weight excluding hydrogens is 548 g/mol. The molecule has 2 heterocycles. The highest BCUT2D eigenvalue weighted by Gasteiger charge is 2.35. The van der Waals surface area contributed by atoms with Crippen LogP contribution in [0.3, 0.4) is 0 Å². The summed E-state index contributed by atoms with van der Waals surface area (Å²) in [5, 5.41) is 18.3. The summed E-state index contributed by atoms with van der Waals surface area (Å²) in [6.45, 7) is 4.29. The number of carbonyl (C=O) groups excluding carboxylic acids is 1. The van der Waals surface area contributed by atoms with Gasteiger partial charge in [-0.15, -0.1) is 0 Å². The van der Waals surface area contributed by atoms with Gasteiger partial charge in [-0.3, -0.25) is 4.79 Å². The van der Waals surface area contributed by atoms with Gasteiger partial charge in [0, 0.05) is 17.8 Å². The second kappa shape index (κ2) is 11.1. The maximum atomic E-state index is 13.6. The zero-order valence-corrected chi connectivity index (χ0v) is 22.8. The van der Waals surface area contributed by atoms with Gasteiger partial charge in [0.05, 0.1) is 23.8 Å². The first-order chi connectivity index (χ1) is 18.4. The fourth-order valence-corrected chi connectivity index (χ4v) is 5.06. The Hall–Kier alpha value is -4.18. The molecule has 1 atom stereocenters. The van der Waals surface area contributed by atoms with E-state index in [1.54, 1.807) is 11.8 Å². The summed E-state index contributed by atoms with van der Waals surface area (Å²) in [4.78, 5) is 13.6. The lowest BCUT2D eigenvalue weighted by molar-refractivity contribution is -0.113. The molecule has 2 N–H and O–H groups in total. The molecule has 3 aromatic carbocycles. The Morgan fingerprint density at radius 1 is 1.11 bits per heavy atom. The summed E-state index contributed by atoms with van der Waals surface area (Å²) in [5.41, 5.74) is 4.83. The number of nitrogens with one attached hydrogen (secondary N) is 2. The minimum absolute atomic E-state index is 0.259. The normalized spacial score (nSPS) is 14.5. The number of carbonyl (C=O) groups is 1. The predicted octanol–water partition coefficient (Wildman–Crippen LogP) is 5.30. The highest BCUT2D eigenvalue weighted by atomic mass is 79.9. The summed E-state index contributed by atoms with van der Waals surface area (Å²) in [7, 11) is 1.59. The molecule has 0 radical (unpaired) electrons. The number of aromatic nitrogens is 4. The smallest absolute Gasteiger partial charge is 0.255 e. The van der Waals surface area contributed by atoms with Crippen molar-refractivity contribution in [1.29, 1.82) is 0 Å². The first kappa shape index (κ1) is 25.5. The second-order valence-electron chi connectivity index (χ2n) is 8.96. The Kier molecular flexibility index (Phi) is 7.41. The minimum atomic E-state index is -0.602. The van der Waals surface area contributed by atoms with E-state index in [9.17, 15) is 4.79 Å². The van der Waals surface area contributed by atoms with Gasteiger partial charge >= 0.3 is 0 Å². The average Bonchev–Trinajstić information content (AvgIpc) is 3.37. The largest absolute Gasteiger partial charge is 0.493 e. The Balaban J connectivity index is 1.47. The zero-order chi connectivity index (χ0) is 26.6. The fourth-order valence-electron chi connectivity index (χ4n) is 4.49. The van der Waals surface area contributed by atoms with Crippen LogP contribution in [0.1, 0.15) is 29.7 Å². The Labute approximate surface area is 229 Å². The fraction of sp³-hybridized carbons (Fsp3) is 0.214. The van der Waals surface area contributed by atoms with E-state index in [-0.39, 0.29) is 5.91 Å². The van der Waals surface area contributed by atoms with E-state index in [0.29, 0.717) is 45.5 Å². The third kappa shape index (κ3) is 5.26. The lowest BCUT2D eigenvalue weighted by Gasteiger charge is -2.28. The lowest BCUT2D eigenvalue weighted by atomic mass is 9.94. The van der Waals surface area contributed by atoms with E-state index in [1.807, 2.05) is 68.4 Å². The van der Waals surface area contributed by atoms with E-state index in [2.05, 4.69) is 54.2 Å². The van der Waals surface area contributed by atoms with E-state index in [1.165, 1.54) is 5.56 Å². The molecule has 194 valence electrons. The Bertz CT molecular complexity index is 1500. The summed E-state index contributed by atoms with van der Waals surface area (Å²) in [6.07, 6.45) is 0.756. The maximum absolute atomic E-state index is 13.6. The molecule has 0 fully saturated rings. The van der Waals surface area contributed by atoms with Crippen LogP contribution in [-0.2, 0) is 11.2 Å². The minimum Gasteiger partial charge on any atom is -0.493 e. The van der Waals surface area contributed by atoms with Crippen LogP contribution in [0, 0.1) is 6.92 Å². The average molecular weight is 575 g/mol. The van der Waals surface area contributed by atoms with Crippen molar-refractivity contribution in [2.45, 2.75) is 26.3 Å². The number of methoxy groups -OCH3 is 1. The molecule has 0 spiro atoms. The molecule has 5 rings (SSSR count). The zero-order valence-electron chi connectivity index (χ0n) is 21.2. The highest BCUT2D eigenvalue weighted by Crippen LogP contribution is 2.42. The molecule has 0 aliphatic carbocycles. The van der Waals surface area contributed by atoms with Crippen molar-refractivity contribution >= 4 is 33.5 Å². The van der Waals surface area contributed by atoms with Crippen molar-refractivity contribution in [3.63, 3.8) is 0 Å². The number of allylic oxidation sites excluding steroid dienone is 1. The molecule has 10 heteroatoms. The van der Waals surface area contributed by atoms with Crippen LogP contribution in [-0.4, -0.2) is 39.8 Å². The van der Waals surface area contributed by atoms with Gasteiger partial charge in [-0.05, 0) is 81.2 Å². The number of hydrogen-bond donors (Lipinski definition) is 2. The first-order valence-corrected chi connectivity index (χ1v) is 12.9. The van der Waals surface area contributed by atoms with E-state index in [4.69, 9.17) is 9.47 Å². The third-order valence-corrected chi connectivity index (χ3v) is 6.87. The van der Waals surface area contributed by atoms with Gasteiger partial charge in [0.2, 0.25) is 5.95 Å². The summed E-state index contributed by atoms with van der Waals surface area (Å²) >= 11 is 3.66. The van der Waals surface area contributed by atoms with Crippen molar-refractivity contribution in [3.8, 4) is 11.5 Å². The van der Waals surface area contributed by atoms with Gasteiger partial charge in [0.25, 0.3) is 5.91 Å². The van der Waals surface area contributed by atoms with Crippen molar-refractivity contribution in [2.75, 3.05) is 24.4 Å². The number of fused-ring (bicyclic) bond motifs is 1. The molecule has 9 nitrogen and oxygen atoms in total. The van der Waals surface area contributed by atoms with Crippen molar-refractivity contribution < 1.29 is 14.3 Å². The quantitative estimate of drug-likeness (QED) is 0.294. The Morgan fingerprint density at radius 3 is 2.68 bits per heavy atom. The number of halogens is 1. The number of anilines is 2. The van der Waals surface area contributed by atoms with Crippen LogP contribution in [0.4, 0.5) is 11.6 Å². The molecule has 1 aromatic heterocycles. The van der Waals surface area contributed by atoms with Gasteiger partial charge in [0.1, 0.15) is 6.04 Å². The first-order valence-electron chi connectivity index (χ1n) is 12.1. The molecule has 1 amide bonds. The van der Waals surface area contributed by atoms with Crippen molar-refractivity contribution in [3.05, 3.63) is 99.2 Å². The topological polar surface area (TPSA) is 103 Å². The number of benzene rings is 3. The number of aryl methyl sites for hydroxylation is 1. The molecule has 1 aliphatic rings. The number of rotatable bonds is 8. The summed E-state index contributed by atoms with van der Waals surface area (Å²) in [5.74, 6) is 1.30. The molecular formula is C28H27BrN6O3. The molecule has 1 unspecified atom stereocenters. The maximum Gasteiger partial charge on any atom is 0.255 e. The number of hydrogen-bond acceptors (Lipinski definition) is 7. The Morgan fingerprint density at radius 2 is 1.92 bits per heavy atom. The molecule has 4 aromatic rings. The molecule has 1 aliphatic heterocycles. The number of ether oxygens (including phenoxy) is 2. The van der Waals surface area contributed by atoms with E-state index in [0.717, 1.165) is 17.5 Å². The molecule has 0 bridgehead atoms. The van der Waals surface area contributed by atoms with Gasteiger partial charge in [-0.25, -0.2) is 0 Å². The summed E-state index contributed by atoms with van der Waals surface area (Å²) in [6, 6.07) is 21.0. The predicted molar refractivity (Wildman–Crippen MR) is 148 cm³/mol. The van der Waals surface area contributed by atoms with Crippen molar-refractivity contribution in [2.24, 2.45) is 0 Å². The SMILES string of the molecule is COc1cc(C2C(C(=O)Nc3cccc(C)c3)=C(C)Nc3nnnn32)cc(Br)c1OCCc1ccccc1. The van der Waals surface area contributed by atoms with Gasteiger partial charge < -0.3 is 20.1 Å². The van der Waals surface area contributed by atoms with E-state index < -0.39 is 6.04 Å². The van der Waals surface area contributed by atoms with Gasteiger partial charge in [0.15, 0.2) is 11.5 Å². The molecule has 0 saturated heterocycles. The lowest BCUT2D eigenvalue weighted by Crippen LogP contribution is -2.31. The van der Waals surface area contributed by atoms with Gasteiger partial charge in [-0.1, -0.05) is 47.6 Å². The monoisotopic (exact) mass is 574 g/mol. The van der Waals surface area contributed by atoms with E-state index >= 15 is 0 Å². The van der Waals surface area contributed by atoms with Crippen LogP contribution >= 0.6 is 15.9 Å². The van der Waals surface area contributed by atoms with Gasteiger partial charge in [-0.2, -0.15) is 4.68 Å². The highest BCUT2D eigenvalue weighted by molar-refractivity contribution is 9.10. The number of nitrogens with zero attached hydrogens (tertiary/aromatic N) is 4.